The van der Waals surface area contributed by atoms with Crippen LogP contribution in [0.25, 0.3) is 6.08 Å². The molecule has 2 aromatic rings. The predicted octanol–water partition coefficient (Wildman–Crippen LogP) is 1.93. The monoisotopic (exact) mass is 424 g/mol. The van der Waals surface area contributed by atoms with Crippen LogP contribution in [0.2, 0.25) is 0 Å². The van der Waals surface area contributed by atoms with E-state index in [1.165, 1.54) is 4.88 Å². The molecule has 0 bridgehead atoms. The van der Waals surface area contributed by atoms with Gasteiger partial charge in [0.15, 0.2) is 0 Å². The van der Waals surface area contributed by atoms with E-state index in [4.69, 9.17) is 0 Å². The van der Waals surface area contributed by atoms with Crippen LogP contribution in [0.3, 0.4) is 0 Å². The summed E-state index contributed by atoms with van der Waals surface area (Å²) in [7, 11) is 0. The number of carbonyl (C=O) groups is 2. The van der Waals surface area contributed by atoms with Crippen LogP contribution in [0.4, 0.5) is 0 Å². The minimum absolute atomic E-state index is 0.0375. The molecule has 1 aromatic heterocycles. The van der Waals surface area contributed by atoms with Gasteiger partial charge in [0.25, 0.3) is 0 Å². The van der Waals surface area contributed by atoms with E-state index in [1.54, 1.807) is 11.0 Å². The molecule has 30 heavy (non-hydrogen) atoms. The maximum absolute atomic E-state index is 13.0. The number of hydrogen-bond donors (Lipinski definition) is 1. The lowest BCUT2D eigenvalue weighted by atomic mass is 9.95. The molecule has 158 valence electrons. The molecular formula is C24H30N3O2S+. The fraction of sp³-hybridized carbons (Fsp3) is 0.417. The Bertz CT molecular complexity index is 850. The highest BCUT2D eigenvalue weighted by Crippen LogP contribution is 2.20. The van der Waals surface area contributed by atoms with Crippen LogP contribution in [-0.4, -0.2) is 60.9 Å². The highest BCUT2D eigenvalue weighted by atomic mass is 32.1. The molecule has 3 heterocycles. The van der Waals surface area contributed by atoms with Crippen molar-refractivity contribution in [3.63, 3.8) is 0 Å². The lowest BCUT2D eigenvalue weighted by Gasteiger charge is -2.37. The number of likely N-dealkylation sites (tertiary alicyclic amines) is 1. The van der Waals surface area contributed by atoms with Gasteiger partial charge in [-0.2, -0.15) is 0 Å². The first-order valence-corrected chi connectivity index (χ1v) is 11.7. The van der Waals surface area contributed by atoms with Gasteiger partial charge >= 0.3 is 0 Å². The lowest BCUT2D eigenvalue weighted by molar-refractivity contribution is -0.917. The molecule has 1 aromatic carbocycles. The van der Waals surface area contributed by atoms with Crippen LogP contribution in [-0.2, 0) is 16.1 Å². The van der Waals surface area contributed by atoms with Gasteiger partial charge < -0.3 is 14.7 Å². The Morgan fingerprint density at radius 3 is 2.37 bits per heavy atom. The average molecular weight is 425 g/mol. The van der Waals surface area contributed by atoms with Crippen LogP contribution >= 0.6 is 11.3 Å². The number of hydrogen-bond acceptors (Lipinski definition) is 3. The number of quaternary nitrogens is 1. The van der Waals surface area contributed by atoms with E-state index < -0.39 is 0 Å². The zero-order chi connectivity index (χ0) is 20.8. The number of piperidine rings is 1. The summed E-state index contributed by atoms with van der Waals surface area (Å²) in [6.07, 6.45) is 5.04. The van der Waals surface area contributed by atoms with Gasteiger partial charge in [0.1, 0.15) is 6.54 Å². The predicted molar refractivity (Wildman–Crippen MR) is 120 cm³/mol. The molecule has 0 atom stereocenters. The zero-order valence-corrected chi connectivity index (χ0v) is 18.2. The fourth-order valence-corrected chi connectivity index (χ4v) is 5.10. The van der Waals surface area contributed by atoms with Crippen molar-refractivity contribution in [2.75, 3.05) is 39.3 Å². The first kappa shape index (κ1) is 20.8. The molecule has 0 unspecified atom stereocenters. The van der Waals surface area contributed by atoms with Crippen molar-refractivity contribution in [2.45, 2.75) is 19.4 Å². The number of nitrogens with one attached hydrogen (secondary N) is 1. The van der Waals surface area contributed by atoms with Gasteiger partial charge in [-0.25, -0.2) is 0 Å². The normalized spacial score (nSPS) is 18.8. The molecule has 5 nitrogen and oxygen atoms in total. The summed E-state index contributed by atoms with van der Waals surface area (Å²) in [6, 6.07) is 14.2. The number of thiophene rings is 1. The molecule has 0 spiro atoms. The van der Waals surface area contributed by atoms with Gasteiger partial charge in [0, 0.05) is 25.1 Å². The van der Waals surface area contributed by atoms with E-state index in [0.29, 0.717) is 13.1 Å². The van der Waals surface area contributed by atoms with Gasteiger partial charge in [-0.1, -0.05) is 36.4 Å². The van der Waals surface area contributed by atoms with Crippen molar-refractivity contribution in [3.05, 3.63) is 64.4 Å². The standard InChI is InChI=1S/C24H29N3O2S/c28-23(9-8-20-5-2-1-3-6-20)26-12-10-21(11-13-26)24(29)27-16-14-25(15-17-27)19-22-7-4-18-30-22/h1-9,18,21H,10-17,19H2/p+1/b9-8+. The number of rotatable bonds is 5. The molecule has 2 aliphatic heterocycles. The van der Waals surface area contributed by atoms with Crippen molar-refractivity contribution in [1.82, 2.24) is 9.80 Å². The minimum atomic E-state index is 0.0375. The van der Waals surface area contributed by atoms with Crippen molar-refractivity contribution < 1.29 is 14.5 Å². The molecule has 2 fully saturated rings. The van der Waals surface area contributed by atoms with E-state index in [1.807, 2.05) is 52.6 Å². The number of piperazine rings is 1. The molecule has 1 N–H and O–H groups in total. The van der Waals surface area contributed by atoms with Gasteiger partial charge in [0.05, 0.1) is 31.1 Å². The molecule has 4 rings (SSSR count). The molecule has 6 heteroatoms. The summed E-state index contributed by atoms with van der Waals surface area (Å²) in [5, 5.41) is 2.13. The Kier molecular flexibility index (Phi) is 6.97. The summed E-state index contributed by atoms with van der Waals surface area (Å²) >= 11 is 1.81. The van der Waals surface area contributed by atoms with Crippen molar-refractivity contribution in [1.29, 1.82) is 0 Å². The second-order valence-electron chi connectivity index (χ2n) is 8.18. The van der Waals surface area contributed by atoms with Crippen LogP contribution < -0.4 is 4.90 Å². The van der Waals surface area contributed by atoms with E-state index in [9.17, 15) is 9.59 Å². The van der Waals surface area contributed by atoms with Gasteiger partial charge in [-0.3, -0.25) is 9.59 Å². The van der Waals surface area contributed by atoms with Crippen molar-refractivity contribution in [3.8, 4) is 0 Å². The number of nitrogens with zero attached hydrogens (tertiary/aromatic N) is 2. The van der Waals surface area contributed by atoms with E-state index in [2.05, 4.69) is 22.4 Å². The summed E-state index contributed by atoms with van der Waals surface area (Å²) in [5.41, 5.74) is 1.02. The van der Waals surface area contributed by atoms with E-state index in [-0.39, 0.29) is 17.7 Å². The van der Waals surface area contributed by atoms with Crippen molar-refractivity contribution >= 4 is 29.2 Å². The Balaban J connectivity index is 1.21. The maximum atomic E-state index is 13.0. The zero-order valence-electron chi connectivity index (χ0n) is 17.3. The largest absolute Gasteiger partial charge is 0.339 e. The SMILES string of the molecule is O=C(/C=C/c1ccccc1)N1CCC(C(=O)N2CC[NH+](Cc3cccs3)CC2)CC1. The Hall–Kier alpha value is -2.44. The van der Waals surface area contributed by atoms with Crippen LogP contribution in [0, 0.1) is 5.92 Å². The van der Waals surface area contributed by atoms with Gasteiger partial charge in [-0.05, 0) is 35.9 Å². The first-order chi connectivity index (χ1) is 14.7. The highest BCUT2D eigenvalue weighted by molar-refractivity contribution is 7.09. The highest BCUT2D eigenvalue weighted by Gasteiger charge is 2.32. The molecular weight excluding hydrogens is 394 g/mol. The van der Waals surface area contributed by atoms with Crippen LogP contribution in [0.15, 0.2) is 53.9 Å². The molecule has 2 saturated heterocycles. The second-order valence-corrected chi connectivity index (χ2v) is 9.21. The molecule has 2 amide bonds. The first-order valence-electron chi connectivity index (χ1n) is 10.9. The summed E-state index contributed by atoms with van der Waals surface area (Å²) in [6.45, 7) is 6.13. The quantitative estimate of drug-likeness (QED) is 0.746. The topological polar surface area (TPSA) is 45.1 Å². The van der Waals surface area contributed by atoms with E-state index >= 15 is 0 Å². The van der Waals surface area contributed by atoms with Crippen LogP contribution in [0.5, 0.6) is 0 Å². The third-order valence-corrected chi connectivity index (χ3v) is 7.04. The summed E-state index contributed by atoms with van der Waals surface area (Å²) < 4.78 is 0. The number of benzene rings is 1. The van der Waals surface area contributed by atoms with Gasteiger partial charge in [0.2, 0.25) is 11.8 Å². The third-order valence-electron chi connectivity index (χ3n) is 6.16. The fourth-order valence-electron chi connectivity index (χ4n) is 4.32. The van der Waals surface area contributed by atoms with Gasteiger partial charge in [-0.15, -0.1) is 11.3 Å². The smallest absolute Gasteiger partial charge is 0.246 e. The minimum Gasteiger partial charge on any atom is -0.339 e. The Morgan fingerprint density at radius 1 is 0.967 bits per heavy atom. The second kappa shape index (κ2) is 10.0. The third kappa shape index (κ3) is 5.37. The molecule has 0 radical (unpaired) electrons. The van der Waals surface area contributed by atoms with Crippen molar-refractivity contribution in [2.24, 2.45) is 5.92 Å². The van der Waals surface area contributed by atoms with E-state index in [0.717, 1.165) is 51.1 Å². The Labute approximate surface area is 182 Å². The summed E-state index contributed by atoms with van der Waals surface area (Å²) in [4.78, 5) is 32.3. The molecule has 0 aliphatic carbocycles. The Morgan fingerprint density at radius 2 is 1.70 bits per heavy atom. The maximum Gasteiger partial charge on any atom is 0.246 e. The summed E-state index contributed by atoms with van der Waals surface area (Å²) in [5.74, 6) is 0.388. The molecule has 0 saturated carbocycles. The number of carbonyl (C=O) groups excluding carboxylic acids is 2. The number of amides is 2. The van der Waals surface area contributed by atoms with Crippen LogP contribution in [0.1, 0.15) is 23.3 Å². The average Bonchev–Trinajstić information content (AvgIpc) is 3.31. The lowest BCUT2D eigenvalue weighted by Crippen LogP contribution is -3.13. The molecule has 2 aliphatic rings.